The fourth-order valence-corrected chi connectivity index (χ4v) is 3.06. The Bertz CT molecular complexity index is 648. The summed E-state index contributed by atoms with van der Waals surface area (Å²) < 4.78 is 18.8. The number of rotatable bonds is 5. The van der Waals surface area contributed by atoms with Gasteiger partial charge in [-0.3, -0.25) is 4.79 Å². The first-order valence-corrected chi connectivity index (χ1v) is 8.70. The third kappa shape index (κ3) is 4.48. The number of carbonyl (C=O) groups is 2. The third-order valence-electron chi connectivity index (χ3n) is 4.65. The first kappa shape index (κ1) is 17.7. The Morgan fingerprint density at radius 1 is 1.36 bits per heavy atom. The summed E-state index contributed by atoms with van der Waals surface area (Å²) in [6.45, 7) is 2.20. The van der Waals surface area contributed by atoms with Crippen LogP contribution in [0.3, 0.4) is 0 Å². The summed E-state index contributed by atoms with van der Waals surface area (Å²) in [7, 11) is 1.60. The van der Waals surface area contributed by atoms with Crippen LogP contribution in [-0.2, 0) is 9.53 Å². The Kier molecular flexibility index (Phi) is 5.53. The van der Waals surface area contributed by atoms with Crippen LogP contribution in [0.25, 0.3) is 0 Å². The first-order valence-electron chi connectivity index (χ1n) is 8.70. The van der Waals surface area contributed by atoms with Crippen LogP contribution >= 0.6 is 0 Å². The lowest BCUT2D eigenvalue weighted by Gasteiger charge is -2.22. The van der Waals surface area contributed by atoms with Crippen molar-refractivity contribution in [2.75, 3.05) is 45.2 Å². The maximum atomic E-state index is 13.8. The van der Waals surface area contributed by atoms with E-state index in [1.165, 1.54) is 11.0 Å². The number of ether oxygens (including phenoxy) is 1. The van der Waals surface area contributed by atoms with Gasteiger partial charge in [0.05, 0.1) is 6.61 Å². The number of urea groups is 1. The smallest absolute Gasteiger partial charge is 0.322 e. The standard InChI is InChI=1S/C18H24FN3O3/c1-25-10-9-21-7-2-8-22(12-17(21)23)18(24)20-14-5-6-16(19)15(11-14)13-3-4-13/h5-6,11,13H,2-4,7-10,12H2,1H3,(H,20,24). The maximum Gasteiger partial charge on any atom is 0.322 e. The predicted octanol–water partition coefficient (Wildman–Crippen LogP) is 2.42. The molecule has 0 atom stereocenters. The fourth-order valence-electron chi connectivity index (χ4n) is 3.06. The van der Waals surface area contributed by atoms with E-state index in [9.17, 15) is 14.0 Å². The quantitative estimate of drug-likeness (QED) is 0.888. The Morgan fingerprint density at radius 2 is 2.16 bits per heavy atom. The lowest BCUT2D eigenvalue weighted by atomic mass is 10.1. The zero-order valence-electron chi connectivity index (χ0n) is 14.5. The van der Waals surface area contributed by atoms with Crippen molar-refractivity contribution in [1.29, 1.82) is 0 Å². The number of hydrogen-bond acceptors (Lipinski definition) is 3. The molecule has 0 bridgehead atoms. The topological polar surface area (TPSA) is 61.9 Å². The second-order valence-corrected chi connectivity index (χ2v) is 6.59. The number of nitrogens with zero attached hydrogens (tertiary/aromatic N) is 2. The van der Waals surface area contributed by atoms with Crippen LogP contribution in [-0.4, -0.2) is 61.6 Å². The molecule has 0 radical (unpaired) electrons. The molecule has 1 aromatic rings. The molecular formula is C18H24FN3O3. The van der Waals surface area contributed by atoms with Gasteiger partial charge in [0.15, 0.2) is 0 Å². The fraction of sp³-hybridized carbons (Fsp3) is 0.556. The molecule has 3 rings (SSSR count). The molecule has 2 aliphatic rings. The van der Waals surface area contributed by atoms with Crippen LogP contribution < -0.4 is 5.32 Å². The molecule has 1 aromatic carbocycles. The average molecular weight is 349 g/mol. The van der Waals surface area contributed by atoms with Gasteiger partial charge in [0, 0.05) is 32.4 Å². The zero-order chi connectivity index (χ0) is 17.8. The number of methoxy groups -OCH3 is 1. The summed E-state index contributed by atoms with van der Waals surface area (Å²) in [5, 5.41) is 2.79. The maximum absolute atomic E-state index is 13.8. The van der Waals surface area contributed by atoms with Gasteiger partial charge in [0.25, 0.3) is 0 Å². The van der Waals surface area contributed by atoms with E-state index < -0.39 is 0 Å². The lowest BCUT2D eigenvalue weighted by Crippen LogP contribution is -2.42. The third-order valence-corrected chi connectivity index (χ3v) is 4.65. The van der Waals surface area contributed by atoms with E-state index in [0.29, 0.717) is 37.5 Å². The Morgan fingerprint density at radius 3 is 2.88 bits per heavy atom. The molecule has 136 valence electrons. The van der Waals surface area contributed by atoms with Crippen molar-refractivity contribution in [2.24, 2.45) is 0 Å². The van der Waals surface area contributed by atoms with E-state index in [4.69, 9.17) is 4.74 Å². The Hall–Kier alpha value is -2.15. The highest BCUT2D eigenvalue weighted by atomic mass is 19.1. The van der Waals surface area contributed by atoms with E-state index >= 15 is 0 Å². The lowest BCUT2D eigenvalue weighted by molar-refractivity contribution is -0.131. The molecule has 0 spiro atoms. The van der Waals surface area contributed by atoms with Gasteiger partial charge in [-0.1, -0.05) is 0 Å². The van der Waals surface area contributed by atoms with Crippen LogP contribution in [0.4, 0.5) is 14.9 Å². The van der Waals surface area contributed by atoms with E-state index in [0.717, 1.165) is 19.3 Å². The number of nitrogens with one attached hydrogen (secondary N) is 1. The normalized spacial score (nSPS) is 18.2. The van der Waals surface area contributed by atoms with Gasteiger partial charge < -0.3 is 19.9 Å². The van der Waals surface area contributed by atoms with Gasteiger partial charge in [-0.15, -0.1) is 0 Å². The predicted molar refractivity (Wildman–Crippen MR) is 92.0 cm³/mol. The Labute approximate surface area is 146 Å². The van der Waals surface area contributed by atoms with Gasteiger partial charge >= 0.3 is 6.03 Å². The minimum atomic E-state index is -0.324. The number of anilines is 1. The van der Waals surface area contributed by atoms with E-state index in [1.807, 2.05) is 0 Å². The molecule has 6 nitrogen and oxygen atoms in total. The van der Waals surface area contributed by atoms with Crippen molar-refractivity contribution in [3.63, 3.8) is 0 Å². The summed E-state index contributed by atoms with van der Waals surface area (Å²) in [4.78, 5) is 28.0. The zero-order valence-corrected chi connectivity index (χ0v) is 14.5. The SMILES string of the molecule is COCCN1CCCN(C(=O)Nc2ccc(F)c(C3CC3)c2)CC1=O. The van der Waals surface area contributed by atoms with Crippen LogP contribution in [0.2, 0.25) is 0 Å². The van der Waals surface area contributed by atoms with Crippen LogP contribution in [0.1, 0.15) is 30.7 Å². The van der Waals surface area contributed by atoms with Crippen molar-refractivity contribution in [2.45, 2.75) is 25.2 Å². The van der Waals surface area contributed by atoms with Gasteiger partial charge in [0.2, 0.25) is 5.91 Å². The highest BCUT2D eigenvalue weighted by molar-refractivity contribution is 5.92. The molecule has 1 saturated heterocycles. The molecule has 1 saturated carbocycles. The second-order valence-electron chi connectivity index (χ2n) is 6.59. The van der Waals surface area contributed by atoms with Gasteiger partial charge in [-0.25, -0.2) is 9.18 Å². The highest BCUT2D eigenvalue weighted by Gasteiger charge is 2.28. The number of amides is 3. The molecule has 1 aliphatic carbocycles. The van der Waals surface area contributed by atoms with Crippen molar-refractivity contribution >= 4 is 17.6 Å². The summed E-state index contributed by atoms with van der Waals surface area (Å²) >= 11 is 0. The summed E-state index contributed by atoms with van der Waals surface area (Å²) in [6, 6.07) is 4.33. The molecule has 25 heavy (non-hydrogen) atoms. The first-order chi connectivity index (χ1) is 12.1. The monoisotopic (exact) mass is 349 g/mol. The second kappa shape index (κ2) is 7.82. The highest BCUT2D eigenvalue weighted by Crippen LogP contribution is 2.42. The minimum absolute atomic E-state index is 0.0478. The van der Waals surface area contributed by atoms with Crippen molar-refractivity contribution in [3.05, 3.63) is 29.6 Å². The molecule has 2 fully saturated rings. The largest absolute Gasteiger partial charge is 0.383 e. The number of hydrogen-bond donors (Lipinski definition) is 1. The van der Waals surface area contributed by atoms with Crippen molar-refractivity contribution in [1.82, 2.24) is 9.80 Å². The van der Waals surface area contributed by atoms with Crippen LogP contribution in [0.5, 0.6) is 0 Å². The molecule has 3 amide bonds. The molecular weight excluding hydrogens is 325 g/mol. The Balaban J connectivity index is 1.61. The van der Waals surface area contributed by atoms with E-state index in [1.54, 1.807) is 24.1 Å². The molecule has 0 aromatic heterocycles. The summed E-state index contributed by atoms with van der Waals surface area (Å²) in [5.41, 5.74) is 1.23. The average Bonchev–Trinajstić information content (AvgIpc) is 3.43. The molecule has 0 unspecified atom stereocenters. The van der Waals surface area contributed by atoms with Gasteiger partial charge in [-0.05, 0) is 48.9 Å². The van der Waals surface area contributed by atoms with Crippen molar-refractivity contribution in [3.8, 4) is 0 Å². The van der Waals surface area contributed by atoms with Crippen molar-refractivity contribution < 1.29 is 18.7 Å². The van der Waals surface area contributed by atoms with E-state index in [2.05, 4.69) is 5.32 Å². The number of carbonyl (C=O) groups excluding carboxylic acids is 2. The minimum Gasteiger partial charge on any atom is -0.383 e. The molecule has 1 heterocycles. The van der Waals surface area contributed by atoms with Crippen LogP contribution in [0.15, 0.2) is 18.2 Å². The van der Waals surface area contributed by atoms with Gasteiger partial charge in [0.1, 0.15) is 12.4 Å². The van der Waals surface area contributed by atoms with Gasteiger partial charge in [-0.2, -0.15) is 0 Å². The molecule has 1 aliphatic heterocycles. The summed E-state index contributed by atoms with van der Waals surface area (Å²) in [5.74, 6) is -0.0346. The number of halogens is 1. The number of benzene rings is 1. The molecule has 7 heteroatoms. The van der Waals surface area contributed by atoms with E-state index in [-0.39, 0.29) is 30.2 Å². The van der Waals surface area contributed by atoms with Crippen LogP contribution in [0, 0.1) is 5.82 Å². The summed E-state index contributed by atoms with van der Waals surface area (Å²) in [6.07, 6.45) is 2.71. The molecule has 1 N–H and O–H groups in total.